The van der Waals surface area contributed by atoms with Gasteiger partial charge in [0.15, 0.2) is 11.6 Å². The van der Waals surface area contributed by atoms with Crippen molar-refractivity contribution < 1.29 is 30.0 Å². The van der Waals surface area contributed by atoms with Gasteiger partial charge >= 0.3 is 0 Å². The summed E-state index contributed by atoms with van der Waals surface area (Å²) in [6.45, 7) is 10.1. The van der Waals surface area contributed by atoms with E-state index in [0.717, 1.165) is 38.0 Å². The second-order valence-corrected chi connectivity index (χ2v) is 14.0. The van der Waals surface area contributed by atoms with Gasteiger partial charge in [-0.2, -0.15) is 0 Å². The first-order valence-corrected chi connectivity index (χ1v) is 14.7. The SMILES string of the molecule is CC1CCC(C(C)C)C(O)C1.C[C@]12CCC(=O)C=C1CC[C@@H]1[C@@H]2[C@@H](O)C[C@@]2(C)[C@H]1CC[C@]2(O)C(=O)CO. The Labute approximate surface area is 222 Å². The number of hydrogen-bond acceptors (Lipinski definition) is 6. The molecule has 0 aromatic heterocycles. The topological polar surface area (TPSA) is 115 Å². The monoisotopic (exact) mass is 518 g/mol. The van der Waals surface area contributed by atoms with Crippen molar-refractivity contribution in [3.05, 3.63) is 11.6 Å². The molecule has 0 amide bonds. The Morgan fingerprint density at radius 3 is 2.38 bits per heavy atom. The fourth-order valence-corrected chi connectivity index (χ4v) is 9.43. The van der Waals surface area contributed by atoms with E-state index in [0.29, 0.717) is 31.1 Å². The molecule has 10 atom stereocenters. The molecule has 0 bridgehead atoms. The molecule has 5 aliphatic carbocycles. The van der Waals surface area contributed by atoms with E-state index in [2.05, 4.69) is 27.7 Å². The Hall–Kier alpha value is -1.08. The van der Waals surface area contributed by atoms with Crippen LogP contribution in [0.3, 0.4) is 0 Å². The third-order valence-electron chi connectivity index (χ3n) is 11.6. The first-order chi connectivity index (χ1) is 17.3. The normalized spacial score (nSPS) is 47.2. The zero-order valence-corrected chi connectivity index (χ0v) is 23.6. The minimum absolute atomic E-state index is 0.0289. The van der Waals surface area contributed by atoms with Gasteiger partial charge in [-0.1, -0.05) is 46.6 Å². The van der Waals surface area contributed by atoms with E-state index in [1.807, 2.05) is 6.92 Å². The van der Waals surface area contributed by atoms with Gasteiger partial charge < -0.3 is 20.4 Å². The predicted molar refractivity (Wildman–Crippen MR) is 142 cm³/mol. The number of fused-ring (bicyclic) bond motifs is 5. The average molecular weight is 519 g/mol. The molecule has 210 valence electrons. The minimum atomic E-state index is -1.54. The number of rotatable bonds is 3. The van der Waals surface area contributed by atoms with E-state index in [4.69, 9.17) is 0 Å². The number of Topliss-reactive ketones (excluding diaryl/α,β-unsaturated/α-hetero) is 1. The maximum absolute atomic E-state index is 12.4. The Bertz CT molecular complexity index is 911. The standard InChI is InChI=1S/C21H30O5.C10H20O/c1-19-7-5-13(23)9-12(19)3-4-14-15-6-8-21(26,17(25)11-22)20(15,2)10-16(24)18(14)19;1-7(2)9-5-4-8(3)6-10(9)11/h9,14-16,18,22,24,26H,3-8,10-11H2,1-2H3;7-11H,4-6H2,1-3H3/t14-,15-,16-,18+,19-,20-,21-;/m0./s1. The predicted octanol–water partition coefficient (Wildman–Crippen LogP) is 4.22. The molecule has 0 spiro atoms. The quantitative estimate of drug-likeness (QED) is 0.445. The number of ketones is 2. The van der Waals surface area contributed by atoms with Gasteiger partial charge in [0.2, 0.25) is 0 Å². The highest BCUT2D eigenvalue weighted by Crippen LogP contribution is 2.67. The molecule has 37 heavy (non-hydrogen) atoms. The molecule has 6 heteroatoms. The molecule has 5 aliphatic rings. The largest absolute Gasteiger partial charge is 0.393 e. The molecule has 0 radical (unpaired) electrons. The van der Waals surface area contributed by atoms with Gasteiger partial charge in [-0.3, -0.25) is 9.59 Å². The van der Waals surface area contributed by atoms with Crippen LogP contribution in [-0.4, -0.2) is 56.4 Å². The van der Waals surface area contributed by atoms with Crippen molar-refractivity contribution >= 4 is 11.6 Å². The van der Waals surface area contributed by atoms with Crippen LogP contribution in [0.2, 0.25) is 0 Å². The van der Waals surface area contributed by atoms with Crippen molar-refractivity contribution in [2.75, 3.05) is 6.61 Å². The van der Waals surface area contributed by atoms with Gasteiger partial charge in [0, 0.05) is 11.8 Å². The van der Waals surface area contributed by atoms with Gasteiger partial charge in [-0.25, -0.2) is 0 Å². The first-order valence-electron chi connectivity index (χ1n) is 14.7. The Kier molecular flexibility index (Phi) is 8.19. The summed E-state index contributed by atoms with van der Waals surface area (Å²) < 4.78 is 0. The van der Waals surface area contributed by atoms with Crippen molar-refractivity contribution in [3.8, 4) is 0 Å². The third kappa shape index (κ3) is 4.79. The van der Waals surface area contributed by atoms with E-state index in [9.17, 15) is 30.0 Å². The number of aliphatic hydroxyl groups excluding tert-OH is 3. The molecule has 0 saturated heterocycles. The van der Waals surface area contributed by atoms with Crippen LogP contribution in [-0.2, 0) is 9.59 Å². The number of carbonyl (C=O) groups is 2. The number of allylic oxidation sites excluding steroid dienone is 1. The number of hydrogen-bond donors (Lipinski definition) is 4. The fraction of sp³-hybridized carbons (Fsp3) is 0.871. The molecule has 4 N–H and O–H groups in total. The van der Waals surface area contributed by atoms with Crippen LogP contribution < -0.4 is 0 Å². The van der Waals surface area contributed by atoms with E-state index in [1.165, 1.54) is 18.4 Å². The summed E-state index contributed by atoms with van der Waals surface area (Å²) in [7, 11) is 0. The van der Waals surface area contributed by atoms with Crippen molar-refractivity contribution in [1.29, 1.82) is 0 Å². The van der Waals surface area contributed by atoms with Crippen molar-refractivity contribution in [1.82, 2.24) is 0 Å². The molecule has 0 aromatic carbocycles. The maximum Gasteiger partial charge on any atom is 0.190 e. The molecule has 6 nitrogen and oxygen atoms in total. The van der Waals surface area contributed by atoms with E-state index >= 15 is 0 Å². The van der Waals surface area contributed by atoms with Crippen LogP contribution in [0.15, 0.2) is 11.6 Å². The van der Waals surface area contributed by atoms with Gasteiger partial charge in [0.25, 0.3) is 0 Å². The summed E-state index contributed by atoms with van der Waals surface area (Å²) >= 11 is 0. The van der Waals surface area contributed by atoms with Crippen LogP contribution in [0.4, 0.5) is 0 Å². The summed E-state index contributed by atoms with van der Waals surface area (Å²) in [5.74, 6) is 2.09. The molecule has 0 aromatic rings. The van der Waals surface area contributed by atoms with Crippen LogP contribution in [0.5, 0.6) is 0 Å². The van der Waals surface area contributed by atoms with Crippen LogP contribution >= 0.6 is 0 Å². The van der Waals surface area contributed by atoms with Gasteiger partial charge in [0.05, 0.1) is 12.2 Å². The Morgan fingerprint density at radius 2 is 1.76 bits per heavy atom. The first kappa shape index (κ1) is 28.9. The Morgan fingerprint density at radius 1 is 1.05 bits per heavy atom. The van der Waals surface area contributed by atoms with Gasteiger partial charge in [-0.05, 0) is 98.4 Å². The highest BCUT2D eigenvalue weighted by atomic mass is 16.3. The molecule has 5 rings (SSSR count). The zero-order chi connectivity index (χ0) is 27.3. The van der Waals surface area contributed by atoms with E-state index in [-0.39, 0.29) is 35.1 Å². The molecule has 3 unspecified atom stereocenters. The highest BCUT2D eigenvalue weighted by molar-refractivity contribution is 5.91. The second-order valence-electron chi connectivity index (χ2n) is 14.0. The lowest BCUT2D eigenvalue weighted by Gasteiger charge is -2.60. The number of aliphatic hydroxyl groups is 4. The van der Waals surface area contributed by atoms with Crippen molar-refractivity contribution in [3.63, 3.8) is 0 Å². The van der Waals surface area contributed by atoms with Crippen molar-refractivity contribution in [2.45, 2.75) is 117 Å². The van der Waals surface area contributed by atoms with Crippen LogP contribution in [0, 0.1) is 46.3 Å². The van der Waals surface area contributed by atoms with Crippen LogP contribution in [0.25, 0.3) is 0 Å². The summed E-state index contributed by atoms with van der Waals surface area (Å²) in [5, 5.41) is 41.4. The van der Waals surface area contributed by atoms with E-state index < -0.39 is 29.5 Å². The molecule has 4 fully saturated rings. The maximum atomic E-state index is 12.4. The van der Waals surface area contributed by atoms with Crippen LogP contribution in [0.1, 0.15) is 98.8 Å². The highest BCUT2D eigenvalue weighted by Gasteiger charge is 2.68. The lowest BCUT2D eigenvalue weighted by atomic mass is 9.45. The van der Waals surface area contributed by atoms with Gasteiger partial charge in [0.1, 0.15) is 12.2 Å². The molecule has 0 heterocycles. The summed E-state index contributed by atoms with van der Waals surface area (Å²) in [4.78, 5) is 24.3. The fourth-order valence-electron chi connectivity index (χ4n) is 9.43. The average Bonchev–Trinajstić information content (AvgIpc) is 3.10. The summed E-state index contributed by atoms with van der Waals surface area (Å²) in [6.07, 6.45) is 9.25. The lowest BCUT2D eigenvalue weighted by molar-refractivity contribution is -0.182. The molecular formula is C31H50O6. The third-order valence-corrected chi connectivity index (χ3v) is 11.6. The summed E-state index contributed by atoms with van der Waals surface area (Å²) in [6, 6.07) is 0. The zero-order valence-electron chi connectivity index (χ0n) is 23.6. The molecular weight excluding hydrogens is 468 g/mol. The smallest absolute Gasteiger partial charge is 0.190 e. The summed E-state index contributed by atoms with van der Waals surface area (Å²) in [5.41, 5.74) is -1.23. The molecule has 0 aliphatic heterocycles. The lowest BCUT2D eigenvalue weighted by Crippen LogP contribution is -2.62. The van der Waals surface area contributed by atoms with Crippen molar-refractivity contribution in [2.24, 2.45) is 46.3 Å². The van der Waals surface area contributed by atoms with Gasteiger partial charge in [-0.15, -0.1) is 0 Å². The minimum Gasteiger partial charge on any atom is -0.393 e. The second kappa shape index (κ2) is 10.5. The molecule has 4 saturated carbocycles. The van der Waals surface area contributed by atoms with E-state index in [1.54, 1.807) is 6.08 Å². The Balaban J connectivity index is 0.000000245. The number of carbonyl (C=O) groups excluding carboxylic acids is 2.